The fourth-order valence-corrected chi connectivity index (χ4v) is 3.36. The van der Waals surface area contributed by atoms with E-state index in [0.717, 1.165) is 0 Å². The Morgan fingerprint density at radius 1 is 1.15 bits per heavy atom. The third kappa shape index (κ3) is 3.06. The molecule has 0 spiro atoms. The van der Waals surface area contributed by atoms with Crippen molar-refractivity contribution in [2.24, 2.45) is 0 Å². The first-order valence-electron chi connectivity index (χ1n) is 8.47. The highest BCUT2D eigenvalue weighted by Gasteiger charge is 2.42. The summed E-state index contributed by atoms with van der Waals surface area (Å²) in [5.74, 6) is -2.59. The minimum atomic E-state index is -1.54. The zero-order valence-corrected chi connectivity index (χ0v) is 14.4. The summed E-state index contributed by atoms with van der Waals surface area (Å²) in [6, 6.07) is 15.7. The van der Waals surface area contributed by atoms with Crippen LogP contribution in [-0.4, -0.2) is 22.9 Å². The molecular formula is C20H20N2O4. The van der Waals surface area contributed by atoms with E-state index < -0.39 is 23.3 Å². The van der Waals surface area contributed by atoms with Crippen molar-refractivity contribution in [1.29, 1.82) is 0 Å². The van der Waals surface area contributed by atoms with Gasteiger partial charge in [0.15, 0.2) is 5.54 Å². The van der Waals surface area contributed by atoms with Crippen molar-refractivity contribution in [2.45, 2.75) is 31.2 Å². The van der Waals surface area contributed by atoms with Crippen LogP contribution in [0.1, 0.15) is 36.8 Å². The summed E-state index contributed by atoms with van der Waals surface area (Å²) in [6.07, 6.45) is 0.162. The predicted molar refractivity (Wildman–Crippen MR) is 96.6 cm³/mol. The minimum absolute atomic E-state index is 0.0168. The first-order chi connectivity index (χ1) is 12.5. The van der Waals surface area contributed by atoms with Gasteiger partial charge in [-0.1, -0.05) is 55.5 Å². The Labute approximate surface area is 151 Å². The Kier molecular flexibility index (Phi) is 4.75. The lowest BCUT2D eigenvalue weighted by atomic mass is 9.84. The number of amides is 2. The van der Waals surface area contributed by atoms with E-state index in [2.05, 4.69) is 10.6 Å². The summed E-state index contributed by atoms with van der Waals surface area (Å²) in [6.45, 7) is 1.71. The number of hydrogen-bond donors (Lipinski definition) is 3. The monoisotopic (exact) mass is 352 g/mol. The SMILES string of the molecule is CCC(NC(=O)C1CC(=O)Nc2ccccc21)(C(=O)O)c1ccccc1. The molecule has 1 aliphatic rings. The van der Waals surface area contributed by atoms with E-state index in [1.807, 2.05) is 0 Å². The van der Waals surface area contributed by atoms with Crippen LogP contribution in [0.3, 0.4) is 0 Å². The number of carbonyl (C=O) groups excluding carboxylic acids is 2. The zero-order valence-electron chi connectivity index (χ0n) is 14.4. The van der Waals surface area contributed by atoms with Crippen LogP contribution in [0, 0.1) is 0 Å². The van der Waals surface area contributed by atoms with Crippen LogP contribution < -0.4 is 10.6 Å². The maximum atomic E-state index is 13.0. The quantitative estimate of drug-likeness (QED) is 0.771. The first-order valence-corrected chi connectivity index (χ1v) is 8.47. The molecule has 2 amide bonds. The standard InChI is InChI=1S/C20H20N2O4/c1-2-20(19(25)26,13-8-4-3-5-9-13)22-18(24)15-12-17(23)21-16-11-7-6-10-14(15)16/h3-11,15H,2,12H2,1H3,(H,21,23)(H,22,24)(H,25,26). The average Bonchev–Trinajstić information content (AvgIpc) is 2.65. The number of fused-ring (bicyclic) bond motifs is 1. The number of anilines is 1. The molecule has 3 N–H and O–H groups in total. The molecule has 0 bridgehead atoms. The number of benzene rings is 2. The molecule has 134 valence electrons. The fraction of sp³-hybridized carbons (Fsp3) is 0.250. The normalized spacial score (nSPS) is 18.2. The lowest BCUT2D eigenvalue weighted by Crippen LogP contribution is -2.53. The van der Waals surface area contributed by atoms with Gasteiger partial charge >= 0.3 is 5.97 Å². The van der Waals surface area contributed by atoms with Crippen LogP contribution in [0.5, 0.6) is 0 Å². The van der Waals surface area contributed by atoms with Crippen LogP contribution in [-0.2, 0) is 19.9 Å². The van der Waals surface area contributed by atoms with Gasteiger partial charge in [0.05, 0.1) is 5.92 Å². The third-order valence-corrected chi connectivity index (χ3v) is 4.81. The maximum Gasteiger partial charge on any atom is 0.334 e. The van der Waals surface area contributed by atoms with Crippen LogP contribution >= 0.6 is 0 Å². The summed E-state index contributed by atoms with van der Waals surface area (Å²) in [7, 11) is 0. The smallest absolute Gasteiger partial charge is 0.334 e. The summed E-state index contributed by atoms with van der Waals surface area (Å²) in [5.41, 5.74) is 0.229. The highest BCUT2D eigenvalue weighted by molar-refractivity contribution is 6.02. The molecule has 0 fully saturated rings. The van der Waals surface area contributed by atoms with E-state index in [0.29, 0.717) is 16.8 Å². The van der Waals surface area contributed by atoms with E-state index in [9.17, 15) is 19.5 Å². The molecule has 3 rings (SSSR count). The lowest BCUT2D eigenvalue weighted by molar-refractivity contribution is -0.148. The van der Waals surface area contributed by atoms with Crippen molar-refractivity contribution in [3.8, 4) is 0 Å². The molecule has 0 saturated carbocycles. The third-order valence-electron chi connectivity index (χ3n) is 4.81. The van der Waals surface area contributed by atoms with E-state index in [1.54, 1.807) is 61.5 Å². The van der Waals surface area contributed by atoms with Crippen LogP contribution in [0.25, 0.3) is 0 Å². The van der Waals surface area contributed by atoms with Gasteiger partial charge in [-0.05, 0) is 23.6 Å². The number of aliphatic carboxylic acids is 1. The van der Waals surface area contributed by atoms with Gasteiger partial charge in [-0.2, -0.15) is 0 Å². The Morgan fingerprint density at radius 2 is 1.81 bits per heavy atom. The van der Waals surface area contributed by atoms with E-state index >= 15 is 0 Å². The Bertz CT molecular complexity index is 850. The van der Waals surface area contributed by atoms with Gasteiger partial charge in [-0.3, -0.25) is 9.59 Å². The first kappa shape index (κ1) is 17.7. The van der Waals surface area contributed by atoms with Gasteiger partial charge in [-0.15, -0.1) is 0 Å². The fourth-order valence-electron chi connectivity index (χ4n) is 3.36. The van der Waals surface area contributed by atoms with Crippen LogP contribution in [0.15, 0.2) is 54.6 Å². The van der Waals surface area contributed by atoms with Crippen molar-refractivity contribution in [2.75, 3.05) is 5.32 Å². The summed E-state index contributed by atoms with van der Waals surface area (Å²) in [4.78, 5) is 37.1. The van der Waals surface area contributed by atoms with Crippen molar-refractivity contribution in [3.63, 3.8) is 0 Å². The molecule has 0 saturated heterocycles. The number of para-hydroxylation sites is 1. The van der Waals surface area contributed by atoms with Gasteiger partial charge in [0.25, 0.3) is 0 Å². The van der Waals surface area contributed by atoms with Gasteiger partial charge in [-0.25, -0.2) is 4.79 Å². The molecule has 2 unspecified atom stereocenters. The summed E-state index contributed by atoms with van der Waals surface area (Å²) in [5, 5.41) is 15.3. The van der Waals surface area contributed by atoms with Gasteiger partial charge in [0.2, 0.25) is 11.8 Å². The minimum Gasteiger partial charge on any atom is -0.479 e. The Balaban J connectivity index is 1.97. The van der Waals surface area contributed by atoms with Crippen molar-refractivity contribution in [3.05, 3.63) is 65.7 Å². The second kappa shape index (κ2) is 7.00. The molecule has 1 aliphatic heterocycles. The molecule has 2 atom stereocenters. The Hall–Kier alpha value is -3.15. The molecule has 2 aromatic rings. The van der Waals surface area contributed by atoms with Gasteiger partial charge in [0.1, 0.15) is 0 Å². The van der Waals surface area contributed by atoms with Gasteiger partial charge < -0.3 is 15.7 Å². The molecule has 1 heterocycles. The highest BCUT2D eigenvalue weighted by Crippen LogP contribution is 2.34. The molecule has 6 heteroatoms. The molecular weight excluding hydrogens is 332 g/mol. The van der Waals surface area contributed by atoms with Crippen molar-refractivity contribution < 1.29 is 19.5 Å². The number of rotatable bonds is 5. The molecule has 0 aliphatic carbocycles. The molecule has 26 heavy (non-hydrogen) atoms. The van der Waals surface area contributed by atoms with Crippen molar-refractivity contribution >= 4 is 23.5 Å². The number of nitrogens with one attached hydrogen (secondary N) is 2. The zero-order chi connectivity index (χ0) is 18.7. The highest BCUT2D eigenvalue weighted by atomic mass is 16.4. The number of carboxylic acid groups (broad SMARTS) is 1. The van der Waals surface area contributed by atoms with Crippen molar-refractivity contribution in [1.82, 2.24) is 5.32 Å². The van der Waals surface area contributed by atoms with Crippen LogP contribution in [0.4, 0.5) is 5.69 Å². The number of carboxylic acids is 1. The van der Waals surface area contributed by atoms with Crippen LogP contribution in [0.2, 0.25) is 0 Å². The lowest BCUT2D eigenvalue weighted by Gasteiger charge is -2.33. The van der Waals surface area contributed by atoms with E-state index in [4.69, 9.17) is 0 Å². The Morgan fingerprint density at radius 3 is 2.46 bits per heavy atom. The maximum absolute atomic E-state index is 13.0. The summed E-state index contributed by atoms with van der Waals surface area (Å²) >= 11 is 0. The molecule has 6 nitrogen and oxygen atoms in total. The average molecular weight is 352 g/mol. The molecule has 2 aromatic carbocycles. The molecule has 0 aromatic heterocycles. The second-order valence-corrected chi connectivity index (χ2v) is 6.31. The number of carbonyl (C=O) groups is 3. The second-order valence-electron chi connectivity index (χ2n) is 6.31. The molecule has 0 radical (unpaired) electrons. The largest absolute Gasteiger partial charge is 0.479 e. The number of hydrogen-bond acceptors (Lipinski definition) is 3. The van der Waals surface area contributed by atoms with Gasteiger partial charge in [0, 0.05) is 12.1 Å². The summed E-state index contributed by atoms with van der Waals surface area (Å²) < 4.78 is 0. The van der Waals surface area contributed by atoms with E-state index in [-0.39, 0.29) is 18.7 Å². The topological polar surface area (TPSA) is 95.5 Å². The predicted octanol–water partition coefficient (Wildman–Crippen LogP) is 2.62. The van der Waals surface area contributed by atoms with E-state index in [1.165, 1.54) is 0 Å².